The molecule has 1 saturated heterocycles. The van der Waals surface area contributed by atoms with Crippen molar-refractivity contribution in [3.05, 3.63) is 23.3 Å². The molecule has 1 aromatic carbocycles. The monoisotopic (exact) mass is 218 g/mol. The van der Waals surface area contributed by atoms with Crippen LogP contribution >= 0.6 is 0 Å². The molecule has 1 atom stereocenters. The topological polar surface area (TPSA) is 29.3 Å². The number of aryl methyl sites for hydroxylation is 2. The zero-order valence-electron chi connectivity index (χ0n) is 10.6. The number of nitrogens with two attached hydrogens (primary N) is 1. The van der Waals surface area contributed by atoms with Crippen molar-refractivity contribution in [3.8, 4) is 0 Å². The molecule has 1 aromatic rings. The molecule has 1 aliphatic rings. The van der Waals surface area contributed by atoms with Crippen molar-refractivity contribution in [2.45, 2.75) is 46.1 Å². The largest absolute Gasteiger partial charge is 0.399 e. The van der Waals surface area contributed by atoms with E-state index in [0.717, 1.165) is 5.69 Å². The van der Waals surface area contributed by atoms with E-state index in [1.165, 1.54) is 42.6 Å². The van der Waals surface area contributed by atoms with Crippen LogP contribution in [0.25, 0.3) is 0 Å². The van der Waals surface area contributed by atoms with E-state index < -0.39 is 0 Å². The van der Waals surface area contributed by atoms with Crippen LogP contribution in [0, 0.1) is 13.8 Å². The van der Waals surface area contributed by atoms with Crippen LogP contribution in [0.3, 0.4) is 0 Å². The highest BCUT2D eigenvalue weighted by Crippen LogP contribution is 2.32. The summed E-state index contributed by atoms with van der Waals surface area (Å²) in [4.78, 5) is 2.55. The van der Waals surface area contributed by atoms with Crippen LogP contribution in [0.5, 0.6) is 0 Å². The number of benzene rings is 1. The maximum Gasteiger partial charge on any atom is 0.0429 e. The normalized spacial score (nSPS) is 21.2. The summed E-state index contributed by atoms with van der Waals surface area (Å²) in [7, 11) is 0. The average Bonchev–Trinajstić information content (AvgIpc) is 2.19. The molecular weight excluding hydrogens is 196 g/mol. The number of nitrogen functional groups attached to an aromatic ring is 1. The molecule has 1 fully saturated rings. The van der Waals surface area contributed by atoms with Gasteiger partial charge in [-0.3, -0.25) is 0 Å². The molecule has 2 nitrogen and oxygen atoms in total. The Balaban J connectivity index is 2.38. The van der Waals surface area contributed by atoms with Gasteiger partial charge in [0.2, 0.25) is 0 Å². The molecule has 0 aliphatic carbocycles. The zero-order chi connectivity index (χ0) is 11.7. The molecule has 1 unspecified atom stereocenters. The molecule has 0 aromatic heterocycles. The molecule has 2 heteroatoms. The van der Waals surface area contributed by atoms with Gasteiger partial charge in [0.05, 0.1) is 0 Å². The van der Waals surface area contributed by atoms with Gasteiger partial charge < -0.3 is 10.6 Å². The molecule has 0 amide bonds. The molecule has 88 valence electrons. The second-order valence-corrected chi connectivity index (χ2v) is 5.04. The summed E-state index contributed by atoms with van der Waals surface area (Å²) in [5.74, 6) is 0. The molecular formula is C14H22N2. The van der Waals surface area contributed by atoms with Crippen LogP contribution in [-0.4, -0.2) is 12.6 Å². The third-order valence-corrected chi connectivity index (χ3v) is 3.60. The van der Waals surface area contributed by atoms with Crippen molar-refractivity contribution < 1.29 is 0 Å². The Bertz CT molecular complexity index is 361. The smallest absolute Gasteiger partial charge is 0.0429 e. The molecule has 0 radical (unpaired) electrons. The first-order valence-electron chi connectivity index (χ1n) is 6.23. The number of rotatable bonds is 1. The highest BCUT2D eigenvalue weighted by Gasteiger charge is 2.21. The average molecular weight is 218 g/mol. The standard InChI is InChI=1S/C14H22N2/c1-10-8-13(15)9-11(2)14(10)16-7-5-4-6-12(16)3/h8-9,12H,4-7,15H2,1-3H3. The van der Waals surface area contributed by atoms with E-state index in [2.05, 4.69) is 37.8 Å². The van der Waals surface area contributed by atoms with Crippen LogP contribution in [0.1, 0.15) is 37.3 Å². The fourth-order valence-corrected chi connectivity index (χ4v) is 2.87. The summed E-state index contributed by atoms with van der Waals surface area (Å²) in [6.45, 7) is 7.85. The first kappa shape index (κ1) is 11.3. The van der Waals surface area contributed by atoms with Crippen molar-refractivity contribution in [3.63, 3.8) is 0 Å². The van der Waals surface area contributed by atoms with Crippen LogP contribution in [-0.2, 0) is 0 Å². The SMILES string of the molecule is Cc1cc(N)cc(C)c1N1CCCCC1C. The molecule has 0 spiro atoms. The molecule has 0 bridgehead atoms. The van der Waals surface area contributed by atoms with E-state index in [0.29, 0.717) is 6.04 Å². The maximum absolute atomic E-state index is 5.87. The molecule has 1 aliphatic heterocycles. The Morgan fingerprint density at radius 3 is 2.38 bits per heavy atom. The Labute approximate surface area is 98.4 Å². The zero-order valence-corrected chi connectivity index (χ0v) is 10.6. The number of hydrogen-bond acceptors (Lipinski definition) is 2. The molecule has 2 rings (SSSR count). The third kappa shape index (κ3) is 2.01. The predicted molar refractivity (Wildman–Crippen MR) is 71.0 cm³/mol. The number of hydrogen-bond donors (Lipinski definition) is 1. The second kappa shape index (κ2) is 4.36. The molecule has 1 heterocycles. The number of anilines is 2. The van der Waals surface area contributed by atoms with E-state index in [1.807, 2.05) is 0 Å². The van der Waals surface area contributed by atoms with Crippen LogP contribution in [0.15, 0.2) is 12.1 Å². The summed E-state index contributed by atoms with van der Waals surface area (Å²) in [5, 5.41) is 0. The first-order chi connectivity index (χ1) is 7.59. The highest BCUT2D eigenvalue weighted by atomic mass is 15.2. The summed E-state index contributed by atoms with van der Waals surface area (Å²) in [5.41, 5.74) is 10.8. The summed E-state index contributed by atoms with van der Waals surface area (Å²) >= 11 is 0. The van der Waals surface area contributed by atoms with E-state index in [1.54, 1.807) is 0 Å². The predicted octanol–water partition coefficient (Wildman–Crippen LogP) is 3.26. The van der Waals surface area contributed by atoms with Gasteiger partial charge in [-0.25, -0.2) is 0 Å². The van der Waals surface area contributed by atoms with Crippen molar-refractivity contribution in [1.29, 1.82) is 0 Å². The van der Waals surface area contributed by atoms with E-state index in [9.17, 15) is 0 Å². The minimum Gasteiger partial charge on any atom is -0.399 e. The number of piperidine rings is 1. The van der Waals surface area contributed by atoms with Crippen molar-refractivity contribution in [2.75, 3.05) is 17.2 Å². The maximum atomic E-state index is 5.87. The summed E-state index contributed by atoms with van der Waals surface area (Å²) in [6, 6.07) is 4.84. The van der Waals surface area contributed by atoms with E-state index in [-0.39, 0.29) is 0 Å². The number of nitrogens with zero attached hydrogens (tertiary/aromatic N) is 1. The van der Waals surface area contributed by atoms with E-state index >= 15 is 0 Å². The lowest BCUT2D eigenvalue weighted by Gasteiger charge is -2.37. The van der Waals surface area contributed by atoms with Crippen molar-refractivity contribution in [1.82, 2.24) is 0 Å². The minimum absolute atomic E-state index is 0.662. The fraction of sp³-hybridized carbons (Fsp3) is 0.571. The highest BCUT2D eigenvalue weighted by molar-refractivity contribution is 5.65. The van der Waals surface area contributed by atoms with Gasteiger partial charge >= 0.3 is 0 Å². The first-order valence-corrected chi connectivity index (χ1v) is 6.23. The van der Waals surface area contributed by atoms with E-state index in [4.69, 9.17) is 5.73 Å². The summed E-state index contributed by atoms with van der Waals surface area (Å²) < 4.78 is 0. The van der Waals surface area contributed by atoms with Crippen LogP contribution in [0.4, 0.5) is 11.4 Å². The lowest BCUT2D eigenvalue weighted by atomic mass is 9.99. The van der Waals surface area contributed by atoms with Gasteiger partial charge in [-0.1, -0.05) is 0 Å². The second-order valence-electron chi connectivity index (χ2n) is 5.04. The molecule has 16 heavy (non-hydrogen) atoms. The Kier molecular flexibility index (Phi) is 3.08. The van der Waals surface area contributed by atoms with Gasteiger partial charge in [0.1, 0.15) is 0 Å². The Morgan fingerprint density at radius 1 is 1.19 bits per heavy atom. The fourth-order valence-electron chi connectivity index (χ4n) is 2.87. The van der Waals surface area contributed by atoms with Crippen LogP contribution in [0.2, 0.25) is 0 Å². The lowest BCUT2D eigenvalue weighted by molar-refractivity contribution is 0.483. The Morgan fingerprint density at radius 2 is 1.81 bits per heavy atom. The van der Waals surface area contributed by atoms with Crippen LogP contribution < -0.4 is 10.6 Å². The van der Waals surface area contributed by atoms with Gasteiger partial charge in [0.15, 0.2) is 0 Å². The van der Waals surface area contributed by atoms with Gasteiger partial charge in [-0.05, 0) is 63.3 Å². The van der Waals surface area contributed by atoms with Gasteiger partial charge in [-0.15, -0.1) is 0 Å². The Hall–Kier alpha value is -1.18. The van der Waals surface area contributed by atoms with Gasteiger partial charge in [0, 0.05) is 24.0 Å². The quantitative estimate of drug-likeness (QED) is 0.733. The van der Waals surface area contributed by atoms with Gasteiger partial charge in [-0.2, -0.15) is 0 Å². The van der Waals surface area contributed by atoms with Crippen molar-refractivity contribution >= 4 is 11.4 Å². The third-order valence-electron chi connectivity index (χ3n) is 3.60. The van der Waals surface area contributed by atoms with Crippen molar-refractivity contribution in [2.24, 2.45) is 0 Å². The molecule has 0 saturated carbocycles. The summed E-state index contributed by atoms with van der Waals surface area (Å²) in [6.07, 6.45) is 3.99. The van der Waals surface area contributed by atoms with Gasteiger partial charge in [0.25, 0.3) is 0 Å². The molecule has 2 N–H and O–H groups in total. The lowest BCUT2D eigenvalue weighted by Crippen LogP contribution is -2.38. The minimum atomic E-state index is 0.662.